The Morgan fingerprint density at radius 2 is 0.500 bits per heavy atom. The Balaban J connectivity index is -0.0000000150. The summed E-state index contributed by atoms with van der Waals surface area (Å²) in [6.45, 7) is 0. The summed E-state index contributed by atoms with van der Waals surface area (Å²) in [6.07, 6.45) is 0. The van der Waals surface area contributed by atoms with Gasteiger partial charge in [0.15, 0.2) is 0 Å². The molecule has 0 amide bonds. The molecule has 20 heavy (non-hydrogen) atoms. The van der Waals surface area contributed by atoms with Crippen LogP contribution >= 0.6 is 0 Å². The molecule has 0 aromatic heterocycles. The summed E-state index contributed by atoms with van der Waals surface area (Å²) in [5, 5.41) is 59.0. The first kappa shape index (κ1) is 51.0. The molecule has 16 nitrogen and oxygen atoms in total. The van der Waals surface area contributed by atoms with Gasteiger partial charge in [0.2, 0.25) is 0 Å². The molecule has 0 aromatic rings. The standard InChI is InChI=1S/Co.Fe.Mn.4NO3.Ni/c;;;4*2-1(3)4;/q3*+2;4*-1;+2. The van der Waals surface area contributed by atoms with Gasteiger partial charge in [-0.05, 0) is 0 Å². The Morgan fingerprint density at radius 1 is 0.500 bits per heavy atom. The molecule has 0 N–H and O–H groups in total. The zero-order valence-electron chi connectivity index (χ0n) is 8.07. The van der Waals surface area contributed by atoms with E-state index in [4.69, 9.17) is 61.3 Å². The zero-order chi connectivity index (χ0) is 14.3. The van der Waals surface area contributed by atoms with Crippen LogP contribution in [0, 0.1) is 61.3 Å². The smallest absolute Gasteiger partial charge is 0.356 e. The maximum absolute atomic E-state index is 8.25. The molecule has 0 aliphatic heterocycles. The fourth-order valence-electron chi connectivity index (χ4n) is 0. The van der Waals surface area contributed by atoms with Gasteiger partial charge in [0.25, 0.3) is 0 Å². The van der Waals surface area contributed by atoms with E-state index in [2.05, 4.69) is 0 Å². The first-order valence-corrected chi connectivity index (χ1v) is 2.19. The number of rotatable bonds is 0. The van der Waals surface area contributed by atoms with Gasteiger partial charge in [-0.1, -0.05) is 0 Å². The van der Waals surface area contributed by atoms with Crippen molar-refractivity contribution in [2.45, 2.75) is 0 Å². The van der Waals surface area contributed by atoms with Gasteiger partial charge < -0.3 is 61.3 Å². The molecule has 0 bridgehead atoms. The fourth-order valence-corrected chi connectivity index (χ4v) is 0. The van der Waals surface area contributed by atoms with Gasteiger partial charge in [-0.3, -0.25) is 0 Å². The molecular formula is CoFeMnN4NiO12+4. The third-order valence-corrected chi connectivity index (χ3v) is 0. The van der Waals surface area contributed by atoms with Crippen molar-refractivity contribution in [2.75, 3.05) is 0 Å². The van der Waals surface area contributed by atoms with Crippen LogP contribution < -0.4 is 0 Å². The molecule has 0 spiro atoms. The monoisotopic (exact) mass is 476 g/mol. The van der Waals surface area contributed by atoms with E-state index < -0.39 is 20.3 Å². The Bertz CT molecular complexity index is 175. The van der Waals surface area contributed by atoms with Crippen molar-refractivity contribution in [3.05, 3.63) is 61.3 Å². The van der Waals surface area contributed by atoms with Gasteiger partial charge in [0.05, 0.1) is 20.3 Å². The first-order valence-electron chi connectivity index (χ1n) is 2.19. The zero-order valence-corrected chi connectivity index (χ0v) is 12.4. The van der Waals surface area contributed by atoms with Gasteiger partial charge >= 0.3 is 67.4 Å². The number of nitrogens with zero attached hydrogens (tertiary/aromatic N) is 4. The van der Waals surface area contributed by atoms with Gasteiger partial charge in [0.1, 0.15) is 0 Å². The summed E-state index contributed by atoms with van der Waals surface area (Å²) in [6, 6.07) is 0. The largest absolute Gasteiger partial charge is 2.00 e. The van der Waals surface area contributed by atoms with Gasteiger partial charge in [0, 0.05) is 0 Å². The van der Waals surface area contributed by atoms with Crippen LogP contribution in [-0.2, 0) is 67.4 Å². The molecule has 0 heterocycles. The van der Waals surface area contributed by atoms with Gasteiger partial charge in [-0.15, -0.1) is 0 Å². The van der Waals surface area contributed by atoms with Crippen LogP contribution in [0.1, 0.15) is 0 Å². The summed E-state index contributed by atoms with van der Waals surface area (Å²) in [4.78, 5) is 33.0. The minimum absolute atomic E-state index is 0. The second-order valence-electron chi connectivity index (χ2n) is 0.894. The Morgan fingerprint density at radius 3 is 0.500 bits per heavy atom. The molecule has 0 saturated carbocycles. The quantitative estimate of drug-likeness (QED) is 0.232. The summed E-state index contributed by atoms with van der Waals surface area (Å²) in [7, 11) is 0. The van der Waals surface area contributed by atoms with Gasteiger partial charge in [-0.2, -0.15) is 0 Å². The van der Waals surface area contributed by atoms with E-state index in [0.717, 1.165) is 0 Å². The molecule has 0 saturated heterocycles. The van der Waals surface area contributed by atoms with Crippen LogP contribution in [-0.4, -0.2) is 20.3 Å². The molecule has 2 radical (unpaired) electrons. The second-order valence-corrected chi connectivity index (χ2v) is 0.894. The van der Waals surface area contributed by atoms with Crippen LogP contribution in [0.2, 0.25) is 0 Å². The third kappa shape index (κ3) is 3130. The maximum atomic E-state index is 8.25. The van der Waals surface area contributed by atoms with E-state index in [1.807, 2.05) is 0 Å². The van der Waals surface area contributed by atoms with E-state index in [1.54, 1.807) is 0 Å². The van der Waals surface area contributed by atoms with E-state index in [-0.39, 0.29) is 67.4 Å². The van der Waals surface area contributed by atoms with E-state index in [1.165, 1.54) is 0 Å². The Labute approximate surface area is 149 Å². The van der Waals surface area contributed by atoms with Crippen molar-refractivity contribution < 1.29 is 87.8 Å². The maximum Gasteiger partial charge on any atom is 2.00 e. The molecule has 0 rings (SSSR count). The first-order chi connectivity index (χ1) is 6.93. The normalized spacial score (nSPS) is 4.80. The van der Waals surface area contributed by atoms with Crippen LogP contribution in [0.25, 0.3) is 0 Å². The van der Waals surface area contributed by atoms with E-state index in [0.29, 0.717) is 0 Å². The summed E-state index contributed by atoms with van der Waals surface area (Å²) in [5.74, 6) is 0. The molecule has 0 fully saturated rings. The predicted octanol–water partition coefficient (Wildman–Crippen LogP) is -0.966. The number of hydrogen-bond donors (Lipinski definition) is 0. The molecule has 20 heteroatoms. The molecule has 0 aromatic carbocycles. The summed E-state index contributed by atoms with van der Waals surface area (Å²) >= 11 is 0. The van der Waals surface area contributed by atoms with Crippen molar-refractivity contribution in [1.29, 1.82) is 0 Å². The van der Waals surface area contributed by atoms with E-state index >= 15 is 0 Å². The second kappa shape index (κ2) is 43.1. The van der Waals surface area contributed by atoms with Crippen LogP contribution in [0.15, 0.2) is 0 Å². The molecule has 122 valence electrons. The van der Waals surface area contributed by atoms with Crippen molar-refractivity contribution in [1.82, 2.24) is 0 Å². The average molecular weight is 476 g/mol. The summed E-state index contributed by atoms with van der Waals surface area (Å²) < 4.78 is 0. The van der Waals surface area contributed by atoms with Crippen LogP contribution in [0.5, 0.6) is 0 Å². The topological polar surface area (TPSA) is 265 Å². The molecule has 0 atom stereocenters. The molecule has 0 aliphatic carbocycles. The fraction of sp³-hybridized carbons (Fsp3) is 0. The number of hydrogen-bond acceptors (Lipinski definition) is 12. The molecule has 0 unspecified atom stereocenters. The van der Waals surface area contributed by atoms with Crippen molar-refractivity contribution in [3.8, 4) is 0 Å². The molecule has 0 aliphatic rings. The van der Waals surface area contributed by atoms with Crippen molar-refractivity contribution in [3.63, 3.8) is 0 Å². The third-order valence-electron chi connectivity index (χ3n) is 0. The Hall–Kier alpha value is -1.16. The minimum atomic E-state index is -1.75. The van der Waals surface area contributed by atoms with Crippen LogP contribution in [0.3, 0.4) is 0 Å². The van der Waals surface area contributed by atoms with Crippen molar-refractivity contribution >= 4 is 0 Å². The SMILES string of the molecule is O=[N+]([O-])[O-].O=[N+]([O-])[O-].O=[N+]([O-])[O-].O=[N+]([O-])[O-].[Co+2].[Fe+2].[Mn+2].[Ni+2]. The van der Waals surface area contributed by atoms with Gasteiger partial charge in [-0.25, -0.2) is 0 Å². The predicted molar refractivity (Wildman–Crippen MR) is 41.4 cm³/mol. The molecular weight excluding hydrogens is 476 g/mol. The van der Waals surface area contributed by atoms with Crippen molar-refractivity contribution in [2.24, 2.45) is 0 Å². The minimum Gasteiger partial charge on any atom is -0.356 e. The summed E-state index contributed by atoms with van der Waals surface area (Å²) in [5.41, 5.74) is 0. The van der Waals surface area contributed by atoms with Crippen LogP contribution in [0.4, 0.5) is 0 Å². The average Bonchev–Trinajstić information content (AvgIpc) is 1.76. The van der Waals surface area contributed by atoms with E-state index in [9.17, 15) is 0 Å². The Kier molecular flexibility index (Phi) is 110.